The molecule has 140 valence electrons. The van der Waals surface area contributed by atoms with Crippen LogP contribution in [0.25, 0.3) is 0 Å². The lowest BCUT2D eigenvalue weighted by Gasteiger charge is -2.09. The van der Waals surface area contributed by atoms with Crippen LogP contribution in [0, 0.1) is 0 Å². The number of nitrogens with one attached hydrogen (secondary N) is 3. The van der Waals surface area contributed by atoms with Crippen molar-refractivity contribution in [1.29, 1.82) is 0 Å². The summed E-state index contributed by atoms with van der Waals surface area (Å²) in [6.45, 7) is 0. The van der Waals surface area contributed by atoms with Crippen LogP contribution in [0.2, 0.25) is 5.02 Å². The highest BCUT2D eigenvalue weighted by Crippen LogP contribution is 2.29. The molecule has 2 rings (SSSR count). The second-order valence-corrected chi connectivity index (χ2v) is 6.17. The molecule has 2 aromatic rings. The molecule has 0 aliphatic carbocycles. The fraction of sp³-hybridized carbons (Fsp3) is 0.231. The van der Waals surface area contributed by atoms with Gasteiger partial charge >= 0.3 is 12.2 Å². The lowest BCUT2D eigenvalue weighted by molar-refractivity contribution is -0.147. The minimum atomic E-state index is -4.64. The van der Waals surface area contributed by atoms with Crippen LogP contribution >= 0.6 is 23.4 Å². The standard InChI is InChI=1S/C13H12ClF3N6O2S/c1-23-10(13(15,16)17)20-22-12(23)26-6-9(24)19-21-11(25)18-8-4-2-3-7(14)5-8/h2-5H,6H2,1H3,(H,19,24)(H2,18,21,25). The Kier molecular flexibility index (Phi) is 6.32. The Balaban J connectivity index is 1.79. The first-order valence-corrected chi connectivity index (χ1v) is 8.24. The third-order valence-corrected chi connectivity index (χ3v) is 4.07. The predicted molar refractivity (Wildman–Crippen MR) is 88.5 cm³/mol. The first kappa shape index (κ1) is 19.8. The summed E-state index contributed by atoms with van der Waals surface area (Å²) in [4.78, 5) is 23.3. The number of thioether (sulfide) groups is 1. The Morgan fingerprint density at radius 2 is 2.00 bits per heavy atom. The number of benzene rings is 1. The summed E-state index contributed by atoms with van der Waals surface area (Å²) in [6, 6.07) is 5.63. The smallest absolute Gasteiger partial charge is 0.307 e. The molecule has 13 heteroatoms. The SMILES string of the molecule is Cn1c(SCC(=O)NNC(=O)Nc2cccc(Cl)c2)nnc1C(F)(F)F. The number of urea groups is 1. The molecule has 3 N–H and O–H groups in total. The van der Waals surface area contributed by atoms with Crippen LogP contribution in [-0.2, 0) is 18.0 Å². The minimum Gasteiger partial charge on any atom is -0.307 e. The van der Waals surface area contributed by atoms with E-state index in [-0.39, 0.29) is 10.9 Å². The molecule has 0 atom stereocenters. The van der Waals surface area contributed by atoms with Gasteiger partial charge in [-0.05, 0) is 18.2 Å². The van der Waals surface area contributed by atoms with E-state index in [1.165, 1.54) is 6.07 Å². The molecule has 8 nitrogen and oxygen atoms in total. The van der Waals surface area contributed by atoms with Crippen molar-refractivity contribution >= 4 is 41.0 Å². The molecule has 0 saturated heterocycles. The number of anilines is 1. The van der Waals surface area contributed by atoms with Crippen molar-refractivity contribution in [2.45, 2.75) is 11.3 Å². The number of carbonyl (C=O) groups excluding carboxylic acids is 2. The second-order valence-electron chi connectivity index (χ2n) is 4.79. The average molecular weight is 409 g/mol. The van der Waals surface area contributed by atoms with E-state index in [1.54, 1.807) is 18.2 Å². The van der Waals surface area contributed by atoms with Gasteiger partial charge in [0.05, 0.1) is 5.75 Å². The van der Waals surface area contributed by atoms with Gasteiger partial charge in [-0.3, -0.25) is 10.2 Å². The molecule has 0 bridgehead atoms. The number of nitrogens with zero attached hydrogens (tertiary/aromatic N) is 3. The van der Waals surface area contributed by atoms with E-state index >= 15 is 0 Å². The zero-order valence-corrected chi connectivity index (χ0v) is 14.7. The summed E-state index contributed by atoms with van der Waals surface area (Å²) < 4.78 is 38.5. The average Bonchev–Trinajstić information content (AvgIpc) is 2.92. The van der Waals surface area contributed by atoms with Crippen LogP contribution < -0.4 is 16.2 Å². The fourth-order valence-electron chi connectivity index (χ4n) is 1.71. The molecular formula is C13H12ClF3N6O2S. The largest absolute Gasteiger partial charge is 0.451 e. The topological polar surface area (TPSA) is 101 Å². The van der Waals surface area contributed by atoms with Gasteiger partial charge in [-0.15, -0.1) is 10.2 Å². The first-order chi connectivity index (χ1) is 12.2. The molecule has 0 saturated carbocycles. The molecule has 0 fully saturated rings. The lowest BCUT2D eigenvalue weighted by atomic mass is 10.3. The van der Waals surface area contributed by atoms with Crippen molar-refractivity contribution in [2.24, 2.45) is 7.05 Å². The van der Waals surface area contributed by atoms with E-state index in [0.717, 1.165) is 23.4 Å². The van der Waals surface area contributed by atoms with Crippen molar-refractivity contribution in [2.75, 3.05) is 11.1 Å². The fourth-order valence-corrected chi connectivity index (χ4v) is 2.61. The third kappa shape index (κ3) is 5.52. The van der Waals surface area contributed by atoms with Crippen molar-refractivity contribution in [3.8, 4) is 0 Å². The Bertz CT molecular complexity index is 813. The molecule has 1 aromatic carbocycles. The van der Waals surface area contributed by atoms with Gasteiger partial charge in [0.25, 0.3) is 0 Å². The number of rotatable bonds is 4. The maximum Gasteiger partial charge on any atom is 0.451 e. The molecule has 1 heterocycles. The number of carbonyl (C=O) groups is 2. The number of alkyl halides is 3. The molecule has 0 unspecified atom stereocenters. The van der Waals surface area contributed by atoms with Crippen molar-refractivity contribution in [1.82, 2.24) is 25.6 Å². The van der Waals surface area contributed by atoms with Crippen LogP contribution in [0.3, 0.4) is 0 Å². The number of halogens is 4. The van der Waals surface area contributed by atoms with Crippen LogP contribution in [0.4, 0.5) is 23.7 Å². The first-order valence-electron chi connectivity index (χ1n) is 6.87. The maximum absolute atomic E-state index is 12.6. The van der Waals surface area contributed by atoms with E-state index < -0.39 is 23.9 Å². The summed E-state index contributed by atoms with van der Waals surface area (Å²) in [7, 11) is 1.14. The van der Waals surface area contributed by atoms with Crippen LogP contribution in [0.1, 0.15) is 5.82 Å². The molecule has 0 radical (unpaired) electrons. The van der Waals surface area contributed by atoms with Gasteiger partial charge < -0.3 is 9.88 Å². The van der Waals surface area contributed by atoms with E-state index in [0.29, 0.717) is 10.7 Å². The van der Waals surface area contributed by atoms with Crippen molar-refractivity contribution < 1.29 is 22.8 Å². The summed E-state index contributed by atoms with van der Waals surface area (Å²) in [5.74, 6) is -2.09. The van der Waals surface area contributed by atoms with Gasteiger partial charge in [-0.1, -0.05) is 29.4 Å². The Morgan fingerprint density at radius 3 is 2.62 bits per heavy atom. The van der Waals surface area contributed by atoms with Crippen molar-refractivity contribution in [3.63, 3.8) is 0 Å². The molecule has 26 heavy (non-hydrogen) atoms. The summed E-state index contributed by atoms with van der Waals surface area (Å²) in [5, 5.41) is 9.18. The highest BCUT2D eigenvalue weighted by molar-refractivity contribution is 7.99. The Labute approximate surface area is 154 Å². The van der Waals surface area contributed by atoms with Crippen molar-refractivity contribution in [3.05, 3.63) is 35.1 Å². The molecule has 3 amide bonds. The Morgan fingerprint density at radius 1 is 1.27 bits per heavy atom. The third-order valence-electron chi connectivity index (χ3n) is 2.82. The number of amides is 3. The number of hydrogen-bond donors (Lipinski definition) is 3. The summed E-state index contributed by atoms with van der Waals surface area (Å²) in [5.41, 5.74) is 4.63. The van der Waals surface area contributed by atoms with Gasteiger partial charge in [0.2, 0.25) is 11.7 Å². The lowest BCUT2D eigenvalue weighted by Crippen LogP contribution is -2.44. The van der Waals surface area contributed by atoms with Gasteiger partial charge in [0, 0.05) is 17.8 Å². The molecule has 0 spiro atoms. The van der Waals surface area contributed by atoms with Gasteiger partial charge in [0.1, 0.15) is 0 Å². The van der Waals surface area contributed by atoms with Gasteiger partial charge in [0.15, 0.2) is 5.16 Å². The molecule has 0 aliphatic rings. The van der Waals surface area contributed by atoms with Crippen LogP contribution in [0.15, 0.2) is 29.4 Å². The molecule has 1 aromatic heterocycles. The quantitative estimate of drug-likeness (QED) is 0.533. The monoisotopic (exact) mass is 408 g/mol. The second kappa shape index (κ2) is 8.27. The summed E-state index contributed by atoms with van der Waals surface area (Å²) >= 11 is 6.51. The highest BCUT2D eigenvalue weighted by atomic mass is 35.5. The summed E-state index contributed by atoms with van der Waals surface area (Å²) in [6.07, 6.45) is -4.64. The van der Waals surface area contributed by atoms with Crippen LogP contribution in [0.5, 0.6) is 0 Å². The molecular weight excluding hydrogens is 397 g/mol. The maximum atomic E-state index is 12.6. The zero-order chi connectivity index (χ0) is 19.3. The van der Waals surface area contributed by atoms with E-state index in [4.69, 9.17) is 11.6 Å². The highest BCUT2D eigenvalue weighted by Gasteiger charge is 2.37. The number of aromatic nitrogens is 3. The van der Waals surface area contributed by atoms with Gasteiger partial charge in [-0.25, -0.2) is 10.2 Å². The Hall–Kier alpha value is -2.47. The normalized spacial score (nSPS) is 11.1. The van der Waals surface area contributed by atoms with E-state index in [2.05, 4.69) is 26.4 Å². The zero-order valence-electron chi connectivity index (χ0n) is 13.1. The number of hydrazine groups is 1. The minimum absolute atomic E-state index is 0.0872. The van der Waals surface area contributed by atoms with E-state index in [1.807, 2.05) is 0 Å². The molecule has 0 aliphatic heterocycles. The predicted octanol–water partition coefficient (Wildman–Crippen LogP) is 2.43. The van der Waals surface area contributed by atoms with Crippen LogP contribution in [-0.4, -0.2) is 32.5 Å². The van der Waals surface area contributed by atoms with Gasteiger partial charge in [-0.2, -0.15) is 13.2 Å². The number of hydrogen-bond acceptors (Lipinski definition) is 5. The van der Waals surface area contributed by atoms with E-state index in [9.17, 15) is 22.8 Å².